The van der Waals surface area contributed by atoms with Crippen LogP contribution in [0.1, 0.15) is 36.3 Å². The third kappa shape index (κ3) is 2.62. The van der Waals surface area contributed by atoms with Gasteiger partial charge in [0.25, 0.3) is 0 Å². The van der Waals surface area contributed by atoms with Gasteiger partial charge in [-0.15, -0.1) is 0 Å². The largest absolute Gasteiger partial charge is 0.298 e. The van der Waals surface area contributed by atoms with Gasteiger partial charge in [0.2, 0.25) is 0 Å². The first-order valence-electron chi connectivity index (χ1n) is 8.59. The molecule has 0 saturated heterocycles. The predicted octanol–water partition coefficient (Wildman–Crippen LogP) is 5.11. The lowest BCUT2D eigenvalue weighted by Gasteiger charge is -2.27. The molecule has 0 aliphatic heterocycles. The maximum absolute atomic E-state index is 14.4. The number of carbonyl (C=O) groups is 2. The smallest absolute Gasteiger partial charge is 0.150 e. The van der Waals surface area contributed by atoms with Crippen LogP contribution in [-0.2, 0) is 9.59 Å². The van der Waals surface area contributed by atoms with Crippen LogP contribution in [0.3, 0.4) is 0 Å². The molecule has 0 amide bonds. The maximum Gasteiger partial charge on any atom is 0.150 e. The van der Waals surface area contributed by atoms with E-state index in [-0.39, 0.29) is 28.4 Å². The molecule has 2 aliphatic rings. The highest BCUT2D eigenvalue weighted by Gasteiger charge is 2.47. The third-order valence-electron chi connectivity index (χ3n) is 5.66. The molecule has 4 heteroatoms. The highest BCUT2D eigenvalue weighted by molar-refractivity contribution is 6.31. The summed E-state index contributed by atoms with van der Waals surface area (Å²) in [5.74, 6) is -1.12. The average Bonchev–Trinajstić information content (AvgIpc) is 3.05. The Morgan fingerprint density at radius 1 is 1.04 bits per heavy atom. The Labute approximate surface area is 151 Å². The molecule has 4 rings (SSSR count). The number of aryl methyl sites for hydroxylation is 1. The molecule has 0 radical (unpaired) electrons. The van der Waals surface area contributed by atoms with Crippen LogP contribution in [0.15, 0.2) is 36.4 Å². The SMILES string of the molecule is Cc1ccc(-c2cccc(Cl)c2F)cc1C1C(=O)[C@@H]2CC[C@@H](C2)C1=O. The minimum absolute atomic E-state index is 0.00124. The van der Waals surface area contributed by atoms with E-state index in [0.29, 0.717) is 23.1 Å². The molecule has 3 atom stereocenters. The Balaban J connectivity index is 1.82. The molecule has 128 valence electrons. The van der Waals surface area contributed by atoms with E-state index in [9.17, 15) is 14.0 Å². The van der Waals surface area contributed by atoms with Gasteiger partial charge in [-0.3, -0.25) is 9.59 Å². The van der Waals surface area contributed by atoms with E-state index >= 15 is 0 Å². The molecule has 2 aromatic carbocycles. The Hall–Kier alpha value is -2.00. The minimum atomic E-state index is -0.701. The van der Waals surface area contributed by atoms with Gasteiger partial charge < -0.3 is 0 Å². The van der Waals surface area contributed by atoms with Gasteiger partial charge in [0.05, 0.1) is 5.02 Å². The Morgan fingerprint density at radius 2 is 1.72 bits per heavy atom. The Bertz CT molecular complexity index is 867. The van der Waals surface area contributed by atoms with Crippen LogP contribution in [0.25, 0.3) is 11.1 Å². The number of ketones is 2. The number of benzene rings is 2. The zero-order valence-corrected chi connectivity index (χ0v) is 14.6. The van der Waals surface area contributed by atoms with Crippen LogP contribution >= 0.6 is 11.6 Å². The molecule has 2 nitrogen and oxygen atoms in total. The molecular formula is C21H18ClFO2. The lowest BCUT2D eigenvalue weighted by molar-refractivity contribution is -0.135. The maximum atomic E-state index is 14.4. The topological polar surface area (TPSA) is 34.1 Å². The first-order chi connectivity index (χ1) is 12.0. The van der Waals surface area contributed by atoms with Crippen LogP contribution in [-0.4, -0.2) is 11.6 Å². The summed E-state index contributed by atoms with van der Waals surface area (Å²) >= 11 is 5.89. The van der Waals surface area contributed by atoms with Gasteiger partial charge in [0.15, 0.2) is 11.6 Å². The summed E-state index contributed by atoms with van der Waals surface area (Å²) in [5, 5.41) is 0.0579. The van der Waals surface area contributed by atoms with Crippen molar-refractivity contribution in [3.05, 3.63) is 58.4 Å². The number of Topliss-reactive ketones (excluding diaryl/α,β-unsaturated/α-hetero) is 2. The van der Waals surface area contributed by atoms with Gasteiger partial charge >= 0.3 is 0 Å². The van der Waals surface area contributed by atoms with Crippen LogP contribution in [0, 0.1) is 24.6 Å². The summed E-state index contributed by atoms with van der Waals surface area (Å²) in [4.78, 5) is 25.6. The fourth-order valence-electron chi connectivity index (χ4n) is 4.26. The van der Waals surface area contributed by atoms with Crippen LogP contribution in [0.2, 0.25) is 5.02 Å². The second-order valence-corrected chi connectivity index (χ2v) is 7.52. The minimum Gasteiger partial charge on any atom is -0.298 e. The van der Waals surface area contributed by atoms with E-state index < -0.39 is 11.7 Å². The summed E-state index contributed by atoms with van der Waals surface area (Å²) in [6, 6.07) is 10.3. The number of halogens is 2. The average molecular weight is 357 g/mol. The van der Waals surface area contributed by atoms with Gasteiger partial charge in [0, 0.05) is 17.4 Å². The van der Waals surface area contributed by atoms with Gasteiger partial charge in [-0.25, -0.2) is 4.39 Å². The van der Waals surface area contributed by atoms with Gasteiger partial charge in [-0.1, -0.05) is 35.9 Å². The molecule has 0 N–H and O–H groups in total. The van der Waals surface area contributed by atoms with Crippen molar-refractivity contribution in [2.75, 3.05) is 0 Å². The van der Waals surface area contributed by atoms with E-state index in [1.54, 1.807) is 24.3 Å². The van der Waals surface area contributed by atoms with Crippen LogP contribution in [0.4, 0.5) is 4.39 Å². The van der Waals surface area contributed by atoms with E-state index in [4.69, 9.17) is 11.6 Å². The quantitative estimate of drug-likeness (QED) is 0.701. The van der Waals surface area contributed by atoms with Crippen molar-refractivity contribution in [1.29, 1.82) is 0 Å². The number of hydrogen-bond acceptors (Lipinski definition) is 2. The van der Waals surface area contributed by atoms with Crippen molar-refractivity contribution in [1.82, 2.24) is 0 Å². The molecule has 2 saturated carbocycles. The molecule has 2 bridgehead atoms. The number of fused-ring (bicyclic) bond motifs is 2. The molecular weight excluding hydrogens is 339 g/mol. The highest BCUT2D eigenvalue weighted by Crippen LogP contribution is 2.45. The van der Waals surface area contributed by atoms with Gasteiger partial charge in [-0.2, -0.15) is 0 Å². The highest BCUT2D eigenvalue weighted by atomic mass is 35.5. The van der Waals surface area contributed by atoms with Crippen molar-refractivity contribution >= 4 is 23.2 Å². The Kier molecular flexibility index (Phi) is 3.99. The van der Waals surface area contributed by atoms with Crippen molar-refractivity contribution in [3.8, 4) is 11.1 Å². The summed E-state index contributed by atoms with van der Waals surface area (Å²) < 4.78 is 14.4. The summed E-state index contributed by atoms with van der Waals surface area (Å²) in [6.07, 6.45) is 2.33. The summed E-state index contributed by atoms with van der Waals surface area (Å²) in [5.41, 5.74) is 2.62. The number of hydrogen-bond donors (Lipinski definition) is 0. The van der Waals surface area contributed by atoms with Crippen molar-refractivity contribution in [2.45, 2.75) is 32.1 Å². The number of carbonyl (C=O) groups excluding carboxylic acids is 2. The molecule has 25 heavy (non-hydrogen) atoms. The molecule has 0 spiro atoms. The Morgan fingerprint density at radius 3 is 2.40 bits per heavy atom. The van der Waals surface area contributed by atoms with E-state index in [2.05, 4.69) is 0 Å². The molecule has 2 aromatic rings. The molecule has 0 heterocycles. The van der Waals surface area contributed by atoms with E-state index in [1.807, 2.05) is 13.0 Å². The van der Waals surface area contributed by atoms with Crippen LogP contribution < -0.4 is 0 Å². The standard InChI is InChI=1S/C21H18ClFO2/c1-11-5-6-12(15-3-2-4-17(22)19(15)23)10-16(11)18-20(24)13-7-8-14(9-13)21(18)25/h2-6,10,13-14,18H,7-9H2,1H3/t13-,14+,18?. The van der Waals surface area contributed by atoms with Crippen LogP contribution in [0.5, 0.6) is 0 Å². The summed E-state index contributed by atoms with van der Waals surface area (Å²) in [7, 11) is 0. The first-order valence-corrected chi connectivity index (χ1v) is 8.97. The molecule has 0 aromatic heterocycles. The first kappa shape index (κ1) is 16.5. The zero-order chi connectivity index (χ0) is 17.7. The van der Waals surface area contributed by atoms with Crippen molar-refractivity contribution in [2.24, 2.45) is 11.8 Å². The molecule has 1 unspecified atom stereocenters. The number of rotatable bonds is 2. The van der Waals surface area contributed by atoms with E-state index in [0.717, 1.165) is 18.4 Å². The predicted molar refractivity (Wildman–Crippen MR) is 95.2 cm³/mol. The van der Waals surface area contributed by atoms with Crippen molar-refractivity contribution in [3.63, 3.8) is 0 Å². The van der Waals surface area contributed by atoms with Gasteiger partial charge in [0.1, 0.15) is 11.7 Å². The lowest BCUT2D eigenvalue weighted by atomic mass is 9.74. The van der Waals surface area contributed by atoms with Crippen molar-refractivity contribution < 1.29 is 14.0 Å². The fraction of sp³-hybridized carbons (Fsp3) is 0.333. The molecule has 2 aliphatic carbocycles. The van der Waals surface area contributed by atoms with Gasteiger partial charge in [-0.05, 0) is 55.0 Å². The second-order valence-electron chi connectivity index (χ2n) is 7.12. The second kappa shape index (κ2) is 6.06. The third-order valence-corrected chi connectivity index (χ3v) is 5.95. The molecule has 2 fully saturated rings. The fourth-order valence-corrected chi connectivity index (χ4v) is 4.44. The monoisotopic (exact) mass is 356 g/mol. The normalized spacial score (nSPS) is 25.5. The summed E-state index contributed by atoms with van der Waals surface area (Å²) in [6.45, 7) is 1.89. The van der Waals surface area contributed by atoms with E-state index in [1.165, 1.54) is 6.07 Å². The lowest BCUT2D eigenvalue weighted by Crippen LogP contribution is -2.35. The zero-order valence-electron chi connectivity index (χ0n) is 13.9.